The molecule has 2 heterocycles. The molecule has 1 radical (unpaired) electrons. The van der Waals surface area contributed by atoms with Gasteiger partial charge in [0.05, 0.1) is 17.8 Å². The molecule has 1 aromatic carbocycles. The Morgan fingerprint density at radius 2 is 2.08 bits per heavy atom. The summed E-state index contributed by atoms with van der Waals surface area (Å²) >= 11 is 0. The molecule has 0 bridgehead atoms. The summed E-state index contributed by atoms with van der Waals surface area (Å²) in [5.74, 6) is -1.35. The Balaban J connectivity index is 0.00000225. The minimum atomic E-state index is -0.749. The van der Waals surface area contributed by atoms with Crippen molar-refractivity contribution in [1.82, 2.24) is 4.98 Å². The van der Waals surface area contributed by atoms with Crippen LogP contribution in [0.2, 0.25) is 0 Å². The van der Waals surface area contributed by atoms with Crippen LogP contribution in [0, 0.1) is 49.9 Å². The van der Waals surface area contributed by atoms with Gasteiger partial charge in [0.15, 0.2) is 0 Å². The minimum absolute atomic E-state index is 0. The molecule has 1 atom stereocenters. The zero-order valence-corrected chi connectivity index (χ0v) is 17.9. The maximum Gasteiger partial charge on any atom is 0.414 e. The molecule has 2 aromatic rings. The van der Waals surface area contributed by atoms with Crippen LogP contribution in [-0.4, -0.2) is 36.2 Å². The van der Waals surface area contributed by atoms with E-state index in [1.165, 1.54) is 29.4 Å². The summed E-state index contributed by atoms with van der Waals surface area (Å²) in [6.45, 7) is 0.126. The van der Waals surface area contributed by atoms with Crippen molar-refractivity contribution in [3.63, 3.8) is 0 Å². The van der Waals surface area contributed by atoms with Gasteiger partial charge in [0.25, 0.3) is 5.91 Å². The topological polar surface area (TPSA) is 95.3 Å². The van der Waals surface area contributed by atoms with Crippen molar-refractivity contribution in [3.05, 3.63) is 59.8 Å². The van der Waals surface area contributed by atoms with Crippen LogP contribution < -0.4 is 10.2 Å². The number of hydrogen-bond acceptors (Lipinski definition) is 4. The number of amides is 2. The first-order valence-corrected chi connectivity index (χ1v) is 7.22. The van der Waals surface area contributed by atoms with Gasteiger partial charge in [0, 0.05) is 62.1 Å². The van der Waals surface area contributed by atoms with Gasteiger partial charge in [0.2, 0.25) is 0 Å². The fourth-order valence-corrected chi connectivity index (χ4v) is 2.33. The van der Waals surface area contributed by atoms with E-state index in [1.807, 2.05) is 0 Å². The van der Waals surface area contributed by atoms with E-state index >= 15 is 0 Å². The normalized spacial score (nSPS) is 16.2. The molecule has 9 heteroatoms. The number of nitrogens with zero attached hydrogens (tertiary/aromatic N) is 2. The largest absolute Gasteiger partial charge is 0.674 e. The van der Waals surface area contributed by atoms with Gasteiger partial charge in [0.1, 0.15) is 11.9 Å². The Morgan fingerprint density at radius 1 is 1.36 bits per heavy atom. The Hall–Kier alpha value is -1.56. The summed E-state index contributed by atoms with van der Waals surface area (Å²) in [6, 6.07) is 7.06. The summed E-state index contributed by atoms with van der Waals surface area (Å²) in [6.07, 6.45) is 1.86. The summed E-state index contributed by atoms with van der Waals surface area (Å²) in [7, 11) is 0. The molecule has 0 unspecified atom stereocenters. The summed E-state index contributed by atoms with van der Waals surface area (Å²) < 4.78 is 19.2. The molecule has 1 fully saturated rings. The van der Waals surface area contributed by atoms with E-state index < -0.39 is 23.9 Å². The van der Waals surface area contributed by atoms with E-state index in [0.29, 0.717) is 5.69 Å². The van der Waals surface area contributed by atoms with E-state index in [1.54, 1.807) is 12.1 Å². The van der Waals surface area contributed by atoms with E-state index in [2.05, 4.69) is 10.3 Å². The predicted octanol–water partition coefficient (Wildman–Crippen LogP) is 2.85. The van der Waals surface area contributed by atoms with E-state index in [-0.39, 0.29) is 68.4 Å². The van der Waals surface area contributed by atoms with Crippen LogP contribution >= 0.6 is 0 Å². The summed E-state index contributed by atoms with van der Waals surface area (Å²) in [4.78, 5) is 28.9. The molecule has 1 aliphatic rings. The molecule has 0 saturated carbocycles. The second-order valence-electron chi connectivity index (χ2n) is 5.17. The molecular formula is C16H14AcFN4O3-. The second kappa shape index (κ2) is 8.70. The third-order valence-corrected chi connectivity index (χ3v) is 3.55. The van der Waals surface area contributed by atoms with Gasteiger partial charge < -0.3 is 15.8 Å². The number of carbonyl (C=O) groups excluding carboxylic acids is 2. The molecule has 7 nitrogen and oxygen atoms in total. The minimum Gasteiger partial charge on any atom is -0.674 e. The molecule has 1 saturated heterocycles. The van der Waals surface area contributed by atoms with Gasteiger partial charge in [-0.3, -0.25) is 14.7 Å². The number of aromatic nitrogens is 1. The van der Waals surface area contributed by atoms with Gasteiger partial charge in [-0.2, -0.15) is 0 Å². The van der Waals surface area contributed by atoms with Crippen LogP contribution in [0.4, 0.5) is 20.6 Å². The van der Waals surface area contributed by atoms with Crippen LogP contribution in [-0.2, 0) is 4.74 Å². The van der Waals surface area contributed by atoms with Gasteiger partial charge in [-0.1, -0.05) is 0 Å². The van der Waals surface area contributed by atoms with Crippen molar-refractivity contribution < 1.29 is 62.8 Å². The van der Waals surface area contributed by atoms with Crippen molar-refractivity contribution in [2.75, 3.05) is 23.3 Å². The maximum atomic E-state index is 14.3. The van der Waals surface area contributed by atoms with Crippen LogP contribution in [0.5, 0.6) is 0 Å². The van der Waals surface area contributed by atoms with Crippen molar-refractivity contribution in [2.24, 2.45) is 0 Å². The van der Waals surface area contributed by atoms with Gasteiger partial charge in [-0.25, -0.2) is 9.18 Å². The SMILES string of the molecule is [Ac].[NH-]C[C@H]1CN(c2ccc(C(=O)Nc3ccncc3)c(F)c2)C(=O)O1. The van der Waals surface area contributed by atoms with E-state index in [9.17, 15) is 14.0 Å². The van der Waals surface area contributed by atoms with Crippen molar-refractivity contribution in [2.45, 2.75) is 6.10 Å². The van der Waals surface area contributed by atoms with Gasteiger partial charge in [-0.05, 0) is 30.3 Å². The predicted molar refractivity (Wildman–Crippen MR) is 85.4 cm³/mol. The zero-order valence-electron chi connectivity index (χ0n) is 13.1. The fourth-order valence-electron chi connectivity index (χ4n) is 2.33. The van der Waals surface area contributed by atoms with Crippen molar-refractivity contribution in [3.8, 4) is 0 Å². The number of pyridine rings is 1. The number of ether oxygens (including phenoxy) is 1. The molecule has 0 aliphatic carbocycles. The monoisotopic (exact) mass is 556 g/mol. The number of benzene rings is 1. The summed E-state index contributed by atoms with van der Waals surface area (Å²) in [5, 5.41) is 2.56. The smallest absolute Gasteiger partial charge is 0.414 e. The molecule has 2 N–H and O–H groups in total. The van der Waals surface area contributed by atoms with Crippen LogP contribution in [0.1, 0.15) is 10.4 Å². The van der Waals surface area contributed by atoms with Crippen LogP contribution in [0.3, 0.4) is 0 Å². The van der Waals surface area contributed by atoms with Gasteiger partial charge >= 0.3 is 6.09 Å². The molecule has 1 aliphatic heterocycles. The first-order chi connectivity index (χ1) is 11.6. The Labute approximate surface area is 179 Å². The average molecular weight is 556 g/mol. The second-order valence-corrected chi connectivity index (χ2v) is 5.17. The average Bonchev–Trinajstić information content (AvgIpc) is 2.96. The third-order valence-electron chi connectivity index (χ3n) is 3.55. The quantitative estimate of drug-likeness (QED) is 0.627. The van der Waals surface area contributed by atoms with Crippen molar-refractivity contribution >= 4 is 23.4 Å². The Morgan fingerprint density at radius 3 is 2.68 bits per heavy atom. The number of rotatable bonds is 4. The number of cyclic esters (lactones) is 1. The Kier molecular flexibility index (Phi) is 6.88. The van der Waals surface area contributed by atoms with Crippen LogP contribution in [0.15, 0.2) is 42.7 Å². The maximum absolute atomic E-state index is 14.3. The standard InChI is InChI=1S/C16H14FN4O3.Ac/c17-14-7-11(21-9-12(8-18)24-16(21)23)1-2-13(14)15(22)20-10-3-5-19-6-4-10;/h1-7,12,18H,8-9H2,(H,19,20,22);/q-1;/t12-;/m0./s1. The number of carbonyl (C=O) groups is 2. The molecule has 127 valence electrons. The molecule has 25 heavy (non-hydrogen) atoms. The summed E-state index contributed by atoms with van der Waals surface area (Å²) in [5.41, 5.74) is 7.89. The molecule has 0 spiro atoms. The number of nitrogens with one attached hydrogen (secondary N) is 2. The van der Waals surface area contributed by atoms with Crippen molar-refractivity contribution in [1.29, 1.82) is 0 Å². The molecule has 3 rings (SSSR count). The first-order valence-electron chi connectivity index (χ1n) is 7.22. The molecule has 1 aromatic heterocycles. The number of halogens is 1. The zero-order chi connectivity index (χ0) is 17.1. The fraction of sp³-hybridized carbons (Fsp3) is 0.188. The van der Waals surface area contributed by atoms with Gasteiger partial charge in [-0.15, -0.1) is 6.54 Å². The number of hydrogen-bond donors (Lipinski definition) is 1. The van der Waals surface area contributed by atoms with E-state index in [0.717, 1.165) is 6.07 Å². The third kappa shape index (κ3) is 4.54. The molecular weight excluding hydrogens is 542 g/mol. The Bertz CT molecular complexity index is 775. The molecule has 2 amide bonds. The van der Waals surface area contributed by atoms with Crippen LogP contribution in [0.25, 0.3) is 5.73 Å². The number of anilines is 2. The first kappa shape index (κ1) is 19.8. The van der Waals surface area contributed by atoms with E-state index in [4.69, 9.17) is 10.5 Å².